The van der Waals surface area contributed by atoms with Crippen LogP contribution in [0.25, 0.3) is 0 Å². The Labute approximate surface area is 98.1 Å². The molecule has 0 aliphatic heterocycles. The van der Waals surface area contributed by atoms with Gasteiger partial charge in [0.05, 0.1) is 6.04 Å². The highest BCUT2D eigenvalue weighted by molar-refractivity contribution is 5.68. The molecule has 1 amide bonds. The number of rotatable bonds is 3. The van der Waals surface area contributed by atoms with Crippen molar-refractivity contribution in [3.8, 4) is 0 Å². The Hall–Kier alpha value is -0.810. The van der Waals surface area contributed by atoms with Gasteiger partial charge < -0.3 is 10.1 Å². The van der Waals surface area contributed by atoms with Gasteiger partial charge in [0.1, 0.15) is 5.60 Å². The number of amides is 1. The molecular formula is C11H25N3O2. The molecule has 16 heavy (non-hydrogen) atoms. The third-order valence-corrected chi connectivity index (χ3v) is 2.06. The lowest BCUT2D eigenvalue weighted by Crippen LogP contribution is -2.52. The van der Waals surface area contributed by atoms with E-state index >= 15 is 0 Å². The van der Waals surface area contributed by atoms with Gasteiger partial charge in [-0.3, -0.25) is 11.3 Å². The van der Waals surface area contributed by atoms with Gasteiger partial charge in [0, 0.05) is 6.54 Å². The largest absolute Gasteiger partial charge is 0.444 e. The molecule has 0 aliphatic rings. The molecule has 5 heteroatoms. The van der Waals surface area contributed by atoms with Crippen molar-refractivity contribution in [2.24, 2.45) is 11.3 Å². The minimum atomic E-state index is -0.483. The fourth-order valence-electron chi connectivity index (χ4n) is 1.14. The highest BCUT2D eigenvalue weighted by Crippen LogP contribution is 2.19. The Bertz CT molecular complexity index is 228. The van der Waals surface area contributed by atoms with Gasteiger partial charge in [0.2, 0.25) is 0 Å². The van der Waals surface area contributed by atoms with E-state index in [1.54, 1.807) is 0 Å². The average molecular weight is 231 g/mol. The molecule has 96 valence electrons. The Balaban J connectivity index is 4.36. The number of nitrogens with two attached hydrogens (primary N) is 1. The second kappa shape index (κ2) is 5.50. The van der Waals surface area contributed by atoms with Crippen LogP contribution in [0.4, 0.5) is 4.79 Å². The molecule has 4 N–H and O–H groups in total. The predicted octanol–water partition coefficient (Wildman–Crippen LogP) is 1.39. The SMILES string of the molecule is CC(C)(C)OC(=O)NC(CNN)C(C)(C)C. The molecule has 0 aromatic rings. The lowest BCUT2D eigenvalue weighted by Gasteiger charge is -2.32. The molecular weight excluding hydrogens is 206 g/mol. The summed E-state index contributed by atoms with van der Waals surface area (Å²) in [5, 5.41) is 2.81. The first kappa shape index (κ1) is 15.2. The fraction of sp³-hybridized carbons (Fsp3) is 0.909. The van der Waals surface area contributed by atoms with Crippen LogP contribution in [-0.2, 0) is 4.74 Å². The van der Waals surface area contributed by atoms with Crippen LogP contribution in [0.15, 0.2) is 0 Å². The third kappa shape index (κ3) is 6.63. The molecule has 0 bridgehead atoms. The van der Waals surface area contributed by atoms with Crippen molar-refractivity contribution >= 4 is 6.09 Å². The van der Waals surface area contributed by atoms with Crippen molar-refractivity contribution in [3.63, 3.8) is 0 Å². The first-order valence-electron chi connectivity index (χ1n) is 5.49. The number of nitrogens with one attached hydrogen (secondary N) is 2. The van der Waals surface area contributed by atoms with Crippen LogP contribution in [0.1, 0.15) is 41.5 Å². The Kier molecular flexibility index (Phi) is 5.22. The van der Waals surface area contributed by atoms with Gasteiger partial charge in [-0.05, 0) is 26.2 Å². The summed E-state index contributed by atoms with van der Waals surface area (Å²) in [6.07, 6.45) is -0.414. The van der Waals surface area contributed by atoms with Crippen molar-refractivity contribution < 1.29 is 9.53 Å². The number of carbonyl (C=O) groups excluding carboxylic acids is 1. The lowest BCUT2D eigenvalue weighted by molar-refractivity contribution is 0.0464. The number of hydrogen-bond donors (Lipinski definition) is 3. The molecule has 0 aromatic heterocycles. The highest BCUT2D eigenvalue weighted by atomic mass is 16.6. The Morgan fingerprint density at radius 2 is 1.75 bits per heavy atom. The summed E-state index contributed by atoms with van der Waals surface area (Å²) in [7, 11) is 0. The van der Waals surface area contributed by atoms with Gasteiger partial charge >= 0.3 is 6.09 Å². The van der Waals surface area contributed by atoms with Gasteiger partial charge in [0.15, 0.2) is 0 Å². The maximum Gasteiger partial charge on any atom is 0.407 e. The molecule has 0 radical (unpaired) electrons. The molecule has 0 saturated heterocycles. The molecule has 0 saturated carbocycles. The van der Waals surface area contributed by atoms with Crippen LogP contribution in [0.5, 0.6) is 0 Å². The number of carbonyl (C=O) groups is 1. The van der Waals surface area contributed by atoms with Crippen LogP contribution in [0, 0.1) is 5.41 Å². The summed E-state index contributed by atoms with van der Waals surface area (Å²) < 4.78 is 5.19. The predicted molar refractivity (Wildman–Crippen MR) is 64.8 cm³/mol. The minimum absolute atomic E-state index is 0.0765. The lowest BCUT2D eigenvalue weighted by atomic mass is 9.87. The average Bonchev–Trinajstić information content (AvgIpc) is 1.97. The van der Waals surface area contributed by atoms with E-state index in [9.17, 15) is 4.79 Å². The van der Waals surface area contributed by atoms with Gasteiger partial charge in [-0.15, -0.1) is 0 Å². The van der Waals surface area contributed by atoms with Crippen LogP contribution in [0.2, 0.25) is 0 Å². The second-order valence-corrected chi connectivity index (χ2v) is 5.97. The van der Waals surface area contributed by atoms with Crippen molar-refractivity contribution in [1.29, 1.82) is 0 Å². The van der Waals surface area contributed by atoms with E-state index < -0.39 is 11.7 Å². The standard InChI is InChI=1S/C11H25N3O2/c1-10(2,3)8(7-13-12)14-9(15)16-11(4,5)6/h8,13H,7,12H2,1-6H3,(H,14,15). The summed E-state index contributed by atoms with van der Waals surface area (Å²) in [5.74, 6) is 5.29. The molecule has 5 nitrogen and oxygen atoms in total. The summed E-state index contributed by atoms with van der Waals surface area (Å²) >= 11 is 0. The maximum absolute atomic E-state index is 11.6. The highest BCUT2D eigenvalue weighted by Gasteiger charge is 2.27. The molecule has 1 unspecified atom stereocenters. The van der Waals surface area contributed by atoms with E-state index in [1.807, 2.05) is 41.5 Å². The van der Waals surface area contributed by atoms with Crippen LogP contribution in [-0.4, -0.2) is 24.3 Å². The van der Waals surface area contributed by atoms with E-state index in [0.717, 1.165) is 0 Å². The Morgan fingerprint density at radius 3 is 2.06 bits per heavy atom. The van der Waals surface area contributed by atoms with E-state index in [-0.39, 0.29) is 11.5 Å². The number of ether oxygens (including phenoxy) is 1. The second-order valence-electron chi connectivity index (χ2n) is 5.97. The maximum atomic E-state index is 11.6. The Morgan fingerprint density at radius 1 is 1.25 bits per heavy atom. The monoisotopic (exact) mass is 231 g/mol. The third-order valence-electron chi connectivity index (χ3n) is 2.06. The molecule has 0 aliphatic carbocycles. The van der Waals surface area contributed by atoms with Crippen molar-refractivity contribution in [2.75, 3.05) is 6.54 Å². The normalized spacial score (nSPS) is 14.4. The number of alkyl carbamates (subject to hydrolysis) is 1. The summed E-state index contributed by atoms with van der Waals surface area (Å²) in [5.41, 5.74) is 2.01. The van der Waals surface area contributed by atoms with Crippen LogP contribution < -0.4 is 16.6 Å². The molecule has 0 heterocycles. The smallest absolute Gasteiger partial charge is 0.407 e. The molecule has 0 rings (SSSR count). The fourth-order valence-corrected chi connectivity index (χ4v) is 1.14. The molecule has 0 spiro atoms. The zero-order valence-corrected chi connectivity index (χ0v) is 11.2. The summed E-state index contributed by atoms with van der Waals surface area (Å²) in [4.78, 5) is 11.6. The summed E-state index contributed by atoms with van der Waals surface area (Å²) in [6, 6.07) is -0.0765. The van der Waals surface area contributed by atoms with Crippen LogP contribution in [0.3, 0.4) is 0 Å². The topological polar surface area (TPSA) is 76.4 Å². The molecule has 0 aromatic carbocycles. The first-order chi connectivity index (χ1) is 7.06. The van der Waals surface area contributed by atoms with Gasteiger partial charge in [-0.2, -0.15) is 0 Å². The number of hydrazine groups is 1. The quantitative estimate of drug-likeness (QED) is 0.507. The van der Waals surface area contributed by atoms with Crippen LogP contribution >= 0.6 is 0 Å². The van der Waals surface area contributed by atoms with Gasteiger partial charge in [0.25, 0.3) is 0 Å². The van der Waals surface area contributed by atoms with Crippen molar-refractivity contribution in [2.45, 2.75) is 53.2 Å². The zero-order chi connectivity index (χ0) is 13.0. The van der Waals surface area contributed by atoms with E-state index in [1.165, 1.54) is 0 Å². The van der Waals surface area contributed by atoms with Gasteiger partial charge in [-0.25, -0.2) is 4.79 Å². The summed E-state index contributed by atoms with van der Waals surface area (Å²) in [6.45, 7) is 12.1. The van der Waals surface area contributed by atoms with E-state index in [4.69, 9.17) is 10.6 Å². The first-order valence-corrected chi connectivity index (χ1v) is 5.49. The number of hydrogen-bond acceptors (Lipinski definition) is 4. The van der Waals surface area contributed by atoms with Gasteiger partial charge in [-0.1, -0.05) is 20.8 Å². The zero-order valence-electron chi connectivity index (χ0n) is 11.2. The van der Waals surface area contributed by atoms with Crippen molar-refractivity contribution in [3.05, 3.63) is 0 Å². The van der Waals surface area contributed by atoms with Crippen molar-refractivity contribution in [1.82, 2.24) is 10.7 Å². The van der Waals surface area contributed by atoms with E-state index in [2.05, 4.69) is 10.7 Å². The van der Waals surface area contributed by atoms with E-state index in [0.29, 0.717) is 6.54 Å². The molecule has 1 atom stereocenters. The molecule has 0 fully saturated rings. The minimum Gasteiger partial charge on any atom is -0.444 e.